The molecule has 0 saturated heterocycles. The van der Waals surface area contributed by atoms with Crippen molar-refractivity contribution in [2.24, 2.45) is 5.73 Å². The van der Waals surface area contributed by atoms with Gasteiger partial charge in [0.2, 0.25) is 5.88 Å². The summed E-state index contributed by atoms with van der Waals surface area (Å²) < 4.78 is 5.46. The van der Waals surface area contributed by atoms with Crippen LogP contribution in [0.15, 0.2) is 42.5 Å². The van der Waals surface area contributed by atoms with E-state index in [4.69, 9.17) is 16.2 Å². The van der Waals surface area contributed by atoms with Crippen LogP contribution in [0.5, 0.6) is 11.6 Å². The highest BCUT2D eigenvalue weighted by Gasteiger charge is 2.08. The van der Waals surface area contributed by atoms with Crippen molar-refractivity contribution in [2.75, 3.05) is 5.73 Å². The summed E-state index contributed by atoms with van der Waals surface area (Å²) in [6.07, 6.45) is 0. The van der Waals surface area contributed by atoms with E-state index in [1.165, 1.54) is 12.1 Å². The SMILES string of the molecule is NC(=O)c1ccc(N)c(Oc2ccccc2)n1. The van der Waals surface area contributed by atoms with Gasteiger partial charge in [0.1, 0.15) is 11.4 Å². The van der Waals surface area contributed by atoms with E-state index in [0.717, 1.165) is 0 Å². The van der Waals surface area contributed by atoms with Gasteiger partial charge in [-0.25, -0.2) is 4.98 Å². The van der Waals surface area contributed by atoms with E-state index in [2.05, 4.69) is 4.98 Å². The minimum atomic E-state index is -0.622. The van der Waals surface area contributed by atoms with Crippen molar-refractivity contribution in [2.45, 2.75) is 0 Å². The first kappa shape index (κ1) is 10.9. The van der Waals surface area contributed by atoms with Gasteiger partial charge >= 0.3 is 0 Å². The standard InChI is InChI=1S/C12H11N3O2/c13-9-6-7-10(11(14)16)15-12(9)17-8-4-2-1-3-5-8/h1-7H,13H2,(H2,14,16). The summed E-state index contributed by atoms with van der Waals surface area (Å²) in [7, 11) is 0. The average Bonchev–Trinajstić information content (AvgIpc) is 2.33. The zero-order valence-corrected chi connectivity index (χ0v) is 8.96. The molecule has 0 bridgehead atoms. The van der Waals surface area contributed by atoms with Crippen molar-refractivity contribution in [1.29, 1.82) is 0 Å². The van der Waals surface area contributed by atoms with Crippen LogP contribution >= 0.6 is 0 Å². The highest BCUT2D eigenvalue weighted by Crippen LogP contribution is 2.24. The van der Waals surface area contributed by atoms with Gasteiger partial charge in [-0.1, -0.05) is 18.2 Å². The normalized spacial score (nSPS) is 9.88. The summed E-state index contributed by atoms with van der Waals surface area (Å²) in [4.78, 5) is 14.9. The second-order valence-corrected chi connectivity index (χ2v) is 3.37. The van der Waals surface area contributed by atoms with E-state index >= 15 is 0 Å². The minimum Gasteiger partial charge on any atom is -0.437 e. The van der Waals surface area contributed by atoms with Crippen molar-refractivity contribution < 1.29 is 9.53 Å². The Morgan fingerprint density at radius 2 is 1.82 bits per heavy atom. The molecule has 2 rings (SSSR count). The summed E-state index contributed by atoms with van der Waals surface area (Å²) >= 11 is 0. The Morgan fingerprint density at radius 1 is 1.12 bits per heavy atom. The molecule has 1 aromatic heterocycles. The number of carbonyl (C=O) groups excluding carboxylic acids is 1. The summed E-state index contributed by atoms with van der Waals surface area (Å²) in [6.45, 7) is 0. The molecule has 5 nitrogen and oxygen atoms in total. The Bertz CT molecular complexity index is 541. The van der Waals surface area contributed by atoms with Crippen molar-refractivity contribution >= 4 is 11.6 Å². The maximum atomic E-state index is 11.0. The van der Waals surface area contributed by atoms with E-state index in [-0.39, 0.29) is 11.6 Å². The molecule has 0 unspecified atom stereocenters. The molecular weight excluding hydrogens is 218 g/mol. The number of nitrogens with two attached hydrogens (primary N) is 2. The van der Waals surface area contributed by atoms with Gasteiger partial charge < -0.3 is 16.2 Å². The Hall–Kier alpha value is -2.56. The monoisotopic (exact) mass is 229 g/mol. The topological polar surface area (TPSA) is 91.2 Å². The number of hydrogen-bond acceptors (Lipinski definition) is 4. The number of aromatic nitrogens is 1. The molecule has 2 aromatic rings. The maximum Gasteiger partial charge on any atom is 0.267 e. The van der Waals surface area contributed by atoms with Crippen LogP contribution < -0.4 is 16.2 Å². The van der Waals surface area contributed by atoms with Crippen LogP contribution in [0, 0.1) is 0 Å². The summed E-state index contributed by atoms with van der Waals surface area (Å²) in [5.41, 5.74) is 11.3. The Kier molecular flexibility index (Phi) is 2.91. The fourth-order valence-corrected chi connectivity index (χ4v) is 1.27. The number of primary amides is 1. The molecule has 0 spiro atoms. The van der Waals surface area contributed by atoms with Crippen molar-refractivity contribution in [1.82, 2.24) is 4.98 Å². The second-order valence-electron chi connectivity index (χ2n) is 3.37. The number of rotatable bonds is 3. The quantitative estimate of drug-likeness (QED) is 0.835. The number of amides is 1. The fourth-order valence-electron chi connectivity index (χ4n) is 1.27. The highest BCUT2D eigenvalue weighted by molar-refractivity contribution is 5.91. The molecule has 17 heavy (non-hydrogen) atoms. The third-order valence-corrected chi connectivity index (χ3v) is 2.10. The Labute approximate surface area is 98.0 Å². The maximum absolute atomic E-state index is 11.0. The Morgan fingerprint density at radius 3 is 2.47 bits per heavy atom. The summed E-state index contributed by atoms with van der Waals surface area (Å²) in [5, 5.41) is 0. The minimum absolute atomic E-state index is 0.116. The van der Waals surface area contributed by atoms with Crippen molar-refractivity contribution in [3.05, 3.63) is 48.2 Å². The number of anilines is 1. The van der Waals surface area contributed by atoms with Crippen LogP contribution in [0.2, 0.25) is 0 Å². The molecular formula is C12H11N3O2. The lowest BCUT2D eigenvalue weighted by molar-refractivity contribution is 0.0995. The first-order chi connectivity index (χ1) is 8.16. The van der Waals surface area contributed by atoms with Crippen LogP contribution in [0.3, 0.4) is 0 Å². The van der Waals surface area contributed by atoms with Crippen LogP contribution in [0.4, 0.5) is 5.69 Å². The van der Waals surface area contributed by atoms with Crippen LogP contribution in [0.1, 0.15) is 10.5 Å². The van der Waals surface area contributed by atoms with E-state index in [1.807, 2.05) is 18.2 Å². The molecule has 0 saturated carbocycles. The summed E-state index contributed by atoms with van der Waals surface area (Å²) in [6, 6.07) is 12.0. The zero-order valence-electron chi connectivity index (χ0n) is 8.96. The van der Waals surface area contributed by atoms with Gasteiger partial charge in [0.15, 0.2) is 0 Å². The molecule has 0 radical (unpaired) electrons. The lowest BCUT2D eigenvalue weighted by Gasteiger charge is -2.07. The smallest absolute Gasteiger partial charge is 0.267 e. The predicted octanol–water partition coefficient (Wildman–Crippen LogP) is 1.56. The van der Waals surface area contributed by atoms with Crippen LogP contribution in [0.25, 0.3) is 0 Å². The van der Waals surface area contributed by atoms with Gasteiger partial charge in [-0.15, -0.1) is 0 Å². The molecule has 0 aliphatic heterocycles. The van der Waals surface area contributed by atoms with Crippen molar-refractivity contribution in [3.63, 3.8) is 0 Å². The molecule has 1 heterocycles. The first-order valence-corrected chi connectivity index (χ1v) is 4.96. The van der Waals surface area contributed by atoms with Gasteiger partial charge in [0, 0.05) is 0 Å². The number of hydrogen-bond donors (Lipinski definition) is 2. The molecule has 86 valence electrons. The van der Waals surface area contributed by atoms with Gasteiger partial charge in [-0.3, -0.25) is 4.79 Å². The van der Waals surface area contributed by atoms with Crippen molar-refractivity contribution in [3.8, 4) is 11.6 Å². The van der Waals surface area contributed by atoms with Crippen LogP contribution in [-0.4, -0.2) is 10.9 Å². The first-order valence-electron chi connectivity index (χ1n) is 4.96. The zero-order chi connectivity index (χ0) is 12.3. The van der Waals surface area contributed by atoms with E-state index in [0.29, 0.717) is 11.4 Å². The number of benzene rings is 1. The molecule has 0 aliphatic carbocycles. The van der Waals surface area contributed by atoms with Gasteiger partial charge in [-0.2, -0.15) is 0 Å². The van der Waals surface area contributed by atoms with Gasteiger partial charge in [0.05, 0.1) is 5.69 Å². The fraction of sp³-hybridized carbons (Fsp3) is 0. The molecule has 5 heteroatoms. The number of ether oxygens (including phenoxy) is 1. The number of nitrogen functional groups attached to an aromatic ring is 1. The van der Waals surface area contributed by atoms with Crippen LogP contribution in [-0.2, 0) is 0 Å². The molecule has 1 aromatic carbocycles. The van der Waals surface area contributed by atoms with E-state index in [1.54, 1.807) is 12.1 Å². The summed E-state index contributed by atoms with van der Waals surface area (Å²) in [5.74, 6) is 0.142. The highest BCUT2D eigenvalue weighted by atomic mass is 16.5. The molecule has 0 fully saturated rings. The lowest BCUT2D eigenvalue weighted by Crippen LogP contribution is -2.13. The number of pyridine rings is 1. The second kappa shape index (κ2) is 4.52. The third-order valence-electron chi connectivity index (χ3n) is 2.10. The van der Waals surface area contributed by atoms with E-state index in [9.17, 15) is 4.79 Å². The molecule has 1 amide bonds. The number of para-hydroxylation sites is 1. The predicted molar refractivity (Wildman–Crippen MR) is 63.7 cm³/mol. The average molecular weight is 229 g/mol. The Balaban J connectivity index is 2.32. The number of carbonyl (C=O) groups is 1. The molecule has 0 aliphatic rings. The van der Waals surface area contributed by atoms with E-state index < -0.39 is 5.91 Å². The van der Waals surface area contributed by atoms with Gasteiger partial charge in [-0.05, 0) is 24.3 Å². The molecule has 4 N–H and O–H groups in total. The third kappa shape index (κ3) is 2.52. The lowest BCUT2D eigenvalue weighted by atomic mass is 10.3. The molecule has 0 atom stereocenters. The number of nitrogens with zero attached hydrogens (tertiary/aromatic N) is 1. The largest absolute Gasteiger partial charge is 0.437 e. The van der Waals surface area contributed by atoms with Gasteiger partial charge in [0.25, 0.3) is 5.91 Å².